The Labute approximate surface area is 154 Å². The standard InChI is InChI=1S/C21H24ClNO2/c1-5-10-23-21(24)14(2)11-17-12-18(22)13-20(15(17)3)16-6-8-19(25-4)9-7-16/h6-9,11-13H,5,10H2,1-4H3,(H,23,24)/b14-11+. The van der Waals surface area contributed by atoms with Crippen LogP contribution in [0.4, 0.5) is 0 Å². The van der Waals surface area contributed by atoms with Crippen LogP contribution in [0.15, 0.2) is 42.0 Å². The Morgan fingerprint density at radius 3 is 2.52 bits per heavy atom. The molecular formula is C21H24ClNO2. The van der Waals surface area contributed by atoms with E-state index in [-0.39, 0.29) is 5.91 Å². The highest BCUT2D eigenvalue weighted by molar-refractivity contribution is 6.31. The van der Waals surface area contributed by atoms with Gasteiger partial charge in [-0.2, -0.15) is 0 Å². The van der Waals surface area contributed by atoms with E-state index < -0.39 is 0 Å². The molecule has 1 N–H and O–H groups in total. The van der Waals surface area contributed by atoms with E-state index in [4.69, 9.17) is 16.3 Å². The van der Waals surface area contributed by atoms with E-state index in [9.17, 15) is 4.79 Å². The van der Waals surface area contributed by atoms with Gasteiger partial charge in [-0.15, -0.1) is 0 Å². The Hall–Kier alpha value is -2.26. The molecule has 132 valence electrons. The topological polar surface area (TPSA) is 38.3 Å². The van der Waals surface area contributed by atoms with Gasteiger partial charge in [0.25, 0.3) is 0 Å². The minimum atomic E-state index is -0.0489. The minimum absolute atomic E-state index is 0.0489. The van der Waals surface area contributed by atoms with Gasteiger partial charge in [-0.25, -0.2) is 0 Å². The molecule has 0 saturated heterocycles. The molecule has 2 aromatic rings. The third-order valence-electron chi connectivity index (χ3n) is 4.08. The molecule has 0 bridgehead atoms. The summed E-state index contributed by atoms with van der Waals surface area (Å²) in [5.41, 5.74) is 4.80. The lowest BCUT2D eigenvalue weighted by molar-refractivity contribution is -0.117. The summed E-state index contributed by atoms with van der Waals surface area (Å²) in [5.74, 6) is 0.763. The van der Waals surface area contributed by atoms with E-state index in [1.807, 2.05) is 63.2 Å². The van der Waals surface area contributed by atoms with Crippen LogP contribution < -0.4 is 10.1 Å². The second-order valence-corrected chi connectivity index (χ2v) is 6.42. The van der Waals surface area contributed by atoms with Gasteiger partial charge in [-0.3, -0.25) is 4.79 Å². The summed E-state index contributed by atoms with van der Waals surface area (Å²) in [4.78, 5) is 12.1. The average molecular weight is 358 g/mol. The number of amides is 1. The predicted octanol–water partition coefficient (Wildman–Crippen LogP) is 5.25. The van der Waals surface area contributed by atoms with Gasteiger partial charge in [0.05, 0.1) is 7.11 Å². The van der Waals surface area contributed by atoms with Crippen molar-refractivity contribution in [2.75, 3.05) is 13.7 Å². The van der Waals surface area contributed by atoms with Crippen molar-refractivity contribution in [2.45, 2.75) is 27.2 Å². The van der Waals surface area contributed by atoms with Crippen LogP contribution in [0.5, 0.6) is 5.75 Å². The second kappa shape index (κ2) is 8.72. The number of hydrogen-bond donors (Lipinski definition) is 1. The fourth-order valence-corrected chi connectivity index (χ4v) is 2.82. The average Bonchev–Trinajstić information content (AvgIpc) is 2.62. The number of methoxy groups -OCH3 is 1. The van der Waals surface area contributed by atoms with Crippen molar-refractivity contribution in [2.24, 2.45) is 0 Å². The molecule has 0 aliphatic heterocycles. The smallest absolute Gasteiger partial charge is 0.246 e. The molecule has 0 aromatic heterocycles. The second-order valence-electron chi connectivity index (χ2n) is 5.98. The summed E-state index contributed by atoms with van der Waals surface area (Å²) in [7, 11) is 1.65. The quantitative estimate of drug-likeness (QED) is 0.716. The van der Waals surface area contributed by atoms with Crippen molar-refractivity contribution in [3.8, 4) is 16.9 Å². The molecule has 0 fully saturated rings. The van der Waals surface area contributed by atoms with Gasteiger partial charge in [-0.05, 0) is 72.9 Å². The maximum absolute atomic E-state index is 12.1. The molecule has 4 heteroatoms. The molecule has 3 nitrogen and oxygen atoms in total. The fourth-order valence-electron chi connectivity index (χ4n) is 2.60. The van der Waals surface area contributed by atoms with Crippen molar-refractivity contribution in [3.63, 3.8) is 0 Å². The van der Waals surface area contributed by atoms with Crippen molar-refractivity contribution in [1.82, 2.24) is 5.32 Å². The highest BCUT2D eigenvalue weighted by Crippen LogP contribution is 2.31. The molecule has 0 heterocycles. The molecule has 0 spiro atoms. The molecule has 0 aliphatic carbocycles. The number of nitrogens with one attached hydrogen (secondary N) is 1. The first-order valence-electron chi connectivity index (χ1n) is 8.37. The lowest BCUT2D eigenvalue weighted by Gasteiger charge is -2.12. The van der Waals surface area contributed by atoms with Crippen molar-refractivity contribution in [1.29, 1.82) is 0 Å². The number of halogens is 1. The molecule has 1 amide bonds. The van der Waals surface area contributed by atoms with Crippen molar-refractivity contribution in [3.05, 3.63) is 58.1 Å². The number of hydrogen-bond acceptors (Lipinski definition) is 2. The van der Waals surface area contributed by atoms with Crippen molar-refractivity contribution >= 4 is 23.6 Å². The van der Waals surface area contributed by atoms with Gasteiger partial charge < -0.3 is 10.1 Å². The molecule has 0 radical (unpaired) electrons. The van der Waals surface area contributed by atoms with Gasteiger partial charge in [-0.1, -0.05) is 30.7 Å². The van der Waals surface area contributed by atoms with E-state index in [2.05, 4.69) is 5.32 Å². The number of carbonyl (C=O) groups is 1. The minimum Gasteiger partial charge on any atom is -0.497 e. The van der Waals surface area contributed by atoms with Gasteiger partial charge >= 0.3 is 0 Å². The van der Waals surface area contributed by atoms with E-state index in [1.165, 1.54) is 0 Å². The fraction of sp³-hybridized carbons (Fsp3) is 0.286. The monoisotopic (exact) mass is 357 g/mol. The van der Waals surface area contributed by atoms with E-state index >= 15 is 0 Å². The molecule has 2 rings (SSSR count). The van der Waals surface area contributed by atoms with Crippen LogP contribution in [0.25, 0.3) is 17.2 Å². The Balaban J connectivity index is 2.40. The molecule has 0 saturated carbocycles. The maximum atomic E-state index is 12.1. The van der Waals surface area contributed by atoms with Crippen LogP contribution in [0.3, 0.4) is 0 Å². The summed E-state index contributed by atoms with van der Waals surface area (Å²) in [6.45, 7) is 6.56. The Morgan fingerprint density at radius 2 is 1.92 bits per heavy atom. The largest absolute Gasteiger partial charge is 0.497 e. The van der Waals surface area contributed by atoms with Crippen LogP contribution in [-0.2, 0) is 4.79 Å². The van der Waals surface area contributed by atoms with E-state index in [0.717, 1.165) is 34.4 Å². The van der Waals surface area contributed by atoms with Crippen molar-refractivity contribution < 1.29 is 9.53 Å². The molecule has 0 aliphatic rings. The third-order valence-corrected chi connectivity index (χ3v) is 4.30. The Bertz CT molecular complexity index is 779. The van der Waals surface area contributed by atoms with Gasteiger partial charge in [0.2, 0.25) is 5.91 Å². The molecule has 2 aromatic carbocycles. The first-order chi connectivity index (χ1) is 12.0. The molecular weight excluding hydrogens is 334 g/mol. The first kappa shape index (κ1) is 19.1. The maximum Gasteiger partial charge on any atom is 0.246 e. The summed E-state index contributed by atoms with van der Waals surface area (Å²) < 4.78 is 5.21. The zero-order chi connectivity index (χ0) is 18.4. The Kier molecular flexibility index (Phi) is 6.65. The lowest BCUT2D eigenvalue weighted by Crippen LogP contribution is -2.24. The molecule has 0 atom stereocenters. The summed E-state index contributed by atoms with van der Waals surface area (Å²) in [6, 6.07) is 11.7. The van der Waals surface area contributed by atoms with Crippen LogP contribution in [0, 0.1) is 6.92 Å². The summed E-state index contributed by atoms with van der Waals surface area (Å²) in [6.07, 6.45) is 2.80. The van der Waals surface area contributed by atoms with E-state index in [1.54, 1.807) is 7.11 Å². The number of carbonyl (C=O) groups excluding carboxylic acids is 1. The van der Waals surface area contributed by atoms with Gasteiger partial charge in [0, 0.05) is 17.1 Å². The number of benzene rings is 2. The summed E-state index contributed by atoms with van der Waals surface area (Å²) >= 11 is 6.32. The van der Waals surface area contributed by atoms with Crippen LogP contribution in [0.2, 0.25) is 5.02 Å². The number of ether oxygens (including phenoxy) is 1. The normalized spacial score (nSPS) is 11.3. The summed E-state index contributed by atoms with van der Waals surface area (Å²) in [5, 5.41) is 3.53. The third kappa shape index (κ3) is 4.86. The first-order valence-corrected chi connectivity index (χ1v) is 8.75. The lowest BCUT2D eigenvalue weighted by atomic mass is 9.95. The van der Waals surface area contributed by atoms with Crippen LogP contribution in [-0.4, -0.2) is 19.6 Å². The number of rotatable bonds is 6. The molecule has 0 unspecified atom stereocenters. The Morgan fingerprint density at radius 1 is 1.24 bits per heavy atom. The van der Waals surface area contributed by atoms with Gasteiger partial charge in [0.15, 0.2) is 0 Å². The van der Waals surface area contributed by atoms with Crippen LogP contribution in [0.1, 0.15) is 31.4 Å². The zero-order valence-electron chi connectivity index (χ0n) is 15.2. The van der Waals surface area contributed by atoms with Gasteiger partial charge in [0.1, 0.15) is 5.75 Å². The van der Waals surface area contributed by atoms with E-state index in [0.29, 0.717) is 17.1 Å². The zero-order valence-corrected chi connectivity index (χ0v) is 15.9. The SMILES string of the molecule is CCCNC(=O)/C(C)=C/c1cc(Cl)cc(-c2ccc(OC)cc2)c1C. The van der Waals surface area contributed by atoms with Crippen LogP contribution >= 0.6 is 11.6 Å². The highest BCUT2D eigenvalue weighted by Gasteiger charge is 2.10. The highest BCUT2D eigenvalue weighted by atomic mass is 35.5. The molecule has 25 heavy (non-hydrogen) atoms. The predicted molar refractivity (Wildman–Crippen MR) is 105 cm³/mol.